The Morgan fingerprint density at radius 3 is 2.25 bits per heavy atom. The van der Waals surface area contributed by atoms with Crippen molar-refractivity contribution < 1.29 is 35.8 Å². The van der Waals surface area contributed by atoms with Crippen LogP contribution in [0.4, 0.5) is 26.3 Å². The molecule has 0 N–H and O–H groups in total. The number of halogens is 6. The quantitative estimate of drug-likeness (QED) is 0.127. The Balaban J connectivity index is 1.42. The fraction of sp³-hybridized carbons (Fsp3) is 0.312. The van der Waals surface area contributed by atoms with E-state index >= 15 is 4.39 Å². The number of hydrogen-bond donors (Lipinski definition) is 0. The lowest BCUT2D eigenvalue weighted by Gasteiger charge is -2.12. The van der Waals surface area contributed by atoms with Gasteiger partial charge in [-0.2, -0.15) is 0 Å². The molecular formula is C32H30F6O2. The number of ether oxygens (including phenoxy) is 2. The minimum Gasteiger partial charge on any atom is -0.493 e. The number of rotatable bonds is 12. The van der Waals surface area contributed by atoms with Crippen LogP contribution >= 0.6 is 0 Å². The van der Waals surface area contributed by atoms with Crippen molar-refractivity contribution in [1.29, 1.82) is 0 Å². The molecule has 4 rings (SSSR count). The van der Waals surface area contributed by atoms with E-state index in [-0.39, 0.29) is 12.8 Å². The van der Waals surface area contributed by atoms with Crippen LogP contribution < -0.4 is 9.47 Å². The Morgan fingerprint density at radius 2 is 1.52 bits per heavy atom. The molecule has 0 heterocycles. The summed E-state index contributed by atoms with van der Waals surface area (Å²) in [6, 6.07) is 16.2. The van der Waals surface area contributed by atoms with E-state index < -0.39 is 29.6 Å². The molecule has 0 fully saturated rings. The molecule has 40 heavy (non-hydrogen) atoms. The zero-order chi connectivity index (χ0) is 28.7. The molecule has 0 atom stereocenters. The van der Waals surface area contributed by atoms with Crippen molar-refractivity contribution in [3.8, 4) is 22.6 Å². The molecule has 0 saturated heterocycles. The summed E-state index contributed by atoms with van der Waals surface area (Å²) in [5.74, 6) is -2.48. The van der Waals surface area contributed by atoms with Gasteiger partial charge in [0.15, 0.2) is 11.6 Å². The minimum atomic E-state index is -4.99. The molecule has 212 valence electrons. The van der Waals surface area contributed by atoms with Crippen molar-refractivity contribution >= 4 is 10.8 Å². The van der Waals surface area contributed by atoms with Crippen molar-refractivity contribution in [1.82, 2.24) is 0 Å². The SMILES string of the molecule is CCCCCCCOc1ccc(-c2ccc3c(F)c(CCc4ccc(OC(F)(F)F)c(F)c4)ccc3c2)c(F)c1. The number of unbranched alkanes of at least 4 members (excludes halogenated alkanes) is 4. The van der Waals surface area contributed by atoms with Gasteiger partial charge in [0.05, 0.1) is 6.61 Å². The molecule has 0 spiro atoms. The molecule has 0 aliphatic heterocycles. The first-order valence-corrected chi connectivity index (χ1v) is 13.3. The van der Waals surface area contributed by atoms with Gasteiger partial charge < -0.3 is 9.47 Å². The lowest BCUT2D eigenvalue weighted by Crippen LogP contribution is -2.18. The summed E-state index contributed by atoms with van der Waals surface area (Å²) in [4.78, 5) is 0. The zero-order valence-electron chi connectivity index (χ0n) is 22.1. The van der Waals surface area contributed by atoms with Gasteiger partial charge in [0.1, 0.15) is 17.4 Å². The van der Waals surface area contributed by atoms with Gasteiger partial charge in [-0.05, 0) is 71.7 Å². The third kappa shape index (κ3) is 7.71. The third-order valence-corrected chi connectivity index (χ3v) is 6.71. The highest BCUT2D eigenvalue weighted by Gasteiger charge is 2.32. The second-order valence-electron chi connectivity index (χ2n) is 9.69. The van der Waals surface area contributed by atoms with Crippen molar-refractivity contribution in [2.75, 3.05) is 6.61 Å². The summed E-state index contributed by atoms with van der Waals surface area (Å²) in [6.07, 6.45) is 0.950. The van der Waals surface area contributed by atoms with E-state index in [0.717, 1.165) is 31.4 Å². The maximum absolute atomic E-state index is 15.3. The number of alkyl halides is 3. The molecule has 0 unspecified atom stereocenters. The lowest BCUT2D eigenvalue weighted by atomic mass is 9.97. The predicted molar refractivity (Wildman–Crippen MR) is 144 cm³/mol. The van der Waals surface area contributed by atoms with E-state index in [0.29, 0.717) is 45.4 Å². The van der Waals surface area contributed by atoms with E-state index in [1.165, 1.54) is 25.0 Å². The summed E-state index contributed by atoms with van der Waals surface area (Å²) >= 11 is 0. The smallest absolute Gasteiger partial charge is 0.493 e. The van der Waals surface area contributed by atoms with E-state index in [2.05, 4.69) is 11.7 Å². The second-order valence-corrected chi connectivity index (χ2v) is 9.69. The summed E-state index contributed by atoms with van der Waals surface area (Å²) in [6.45, 7) is 2.69. The van der Waals surface area contributed by atoms with Crippen LogP contribution in [-0.2, 0) is 12.8 Å². The summed E-state index contributed by atoms with van der Waals surface area (Å²) in [7, 11) is 0. The number of fused-ring (bicyclic) bond motifs is 1. The molecule has 0 aromatic heterocycles. The standard InChI is InChI=1S/C32H30F6O2/c1-2-3-4-5-6-17-39-25-13-15-26(28(33)20-25)23-12-14-27-24(19-23)11-10-22(31(27)35)9-7-21-8-16-30(29(34)18-21)40-32(36,37)38/h8,10-16,18-20H,2-7,9,17H2,1H3. The lowest BCUT2D eigenvalue weighted by molar-refractivity contribution is -0.275. The molecule has 0 saturated carbocycles. The van der Waals surface area contributed by atoms with Gasteiger partial charge in [0.2, 0.25) is 0 Å². The van der Waals surface area contributed by atoms with Gasteiger partial charge >= 0.3 is 6.36 Å². The minimum absolute atomic E-state index is 0.205. The molecule has 8 heteroatoms. The van der Waals surface area contributed by atoms with Crippen molar-refractivity contribution in [3.63, 3.8) is 0 Å². The molecule has 0 aliphatic carbocycles. The third-order valence-electron chi connectivity index (χ3n) is 6.71. The normalized spacial score (nSPS) is 11.7. The average molecular weight is 561 g/mol. The van der Waals surface area contributed by atoms with E-state index in [9.17, 15) is 22.0 Å². The van der Waals surface area contributed by atoms with Gasteiger partial charge in [0.25, 0.3) is 0 Å². The zero-order valence-corrected chi connectivity index (χ0v) is 22.1. The monoisotopic (exact) mass is 560 g/mol. The highest BCUT2D eigenvalue weighted by atomic mass is 19.4. The molecule has 0 radical (unpaired) electrons. The van der Waals surface area contributed by atoms with Crippen LogP contribution in [0.2, 0.25) is 0 Å². The largest absolute Gasteiger partial charge is 0.573 e. The van der Waals surface area contributed by atoms with E-state index in [1.807, 2.05) is 0 Å². The van der Waals surface area contributed by atoms with E-state index in [4.69, 9.17) is 4.74 Å². The van der Waals surface area contributed by atoms with Crippen molar-refractivity contribution in [2.24, 2.45) is 0 Å². The highest BCUT2D eigenvalue weighted by Crippen LogP contribution is 2.32. The summed E-state index contributed by atoms with van der Waals surface area (Å²) in [5.41, 5.74) is 1.75. The Kier molecular flexibility index (Phi) is 9.61. The molecule has 0 aliphatic rings. The first-order chi connectivity index (χ1) is 19.1. The summed E-state index contributed by atoms with van der Waals surface area (Å²) < 4.78 is 90.5. The predicted octanol–water partition coefficient (Wildman–Crippen LogP) is 9.96. The summed E-state index contributed by atoms with van der Waals surface area (Å²) in [5, 5.41) is 0.940. The average Bonchev–Trinajstić information content (AvgIpc) is 2.91. The van der Waals surface area contributed by atoms with Crippen LogP contribution in [0, 0.1) is 17.5 Å². The van der Waals surface area contributed by atoms with Crippen LogP contribution in [-0.4, -0.2) is 13.0 Å². The van der Waals surface area contributed by atoms with Crippen LogP contribution in [0.3, 0.4) is 0 Å². The van der Waals surface area contributed by atoms with Gasteiger partial charge in [0, 0.05) is 17.0 Å². The first kappa shape index (κ1) is 29.3. The Bertz CT molecular complexity index is 1450. The number of aryl methyl sites for hydroxylation is 2. The maximum atomic E-state index is 15.3. The Morgan fingerprint density at radius 1 is 0.725 bits per heavy atom. The van der Waals surface area contributed by atoms with Crippen molar-refractivity contribution in [2.45, 2.75) is 58.2 Å². The van der Waals surface area contributed by atoms with Crippen LogP contribution in [0.5, 0.6) is 11.5 Å². The van der Waals surface area contributed by atoms with Crippen LogP contribution in [0.1, 0.15) is 50.2 Å². The van der Waals surface area contributed by atoms with Crippen molar-refractivity contribution in [3.05, 3.63) is 95.3 Å². The first-order valence-electron chi connectivity index (χ1n) is 13.3. The molecule has 0 bridgehead atoms. The number of benzene rings is 4. The van der Waals surface area contributed by atoms with Gasteiger partial charge in [-0.25, -0.2) is 13.2 Å². The molecule has 4 aromatic carbocycles. The highest BCUT2D eigenvalue weighted by molar-refractivity contribution is 5.88. The van der Waals surface area contributed by atoms with Crippen LogP contribution in [0.15, 0.2) is 66.7 Å². The van der Waals surface area contributed by atoms with E-state index in [1.54, 1.807) is 42.5 Å². The van der Waals surface area contributed by atoms with Gasteiger partial charge in [-0.1, -0.05) is 62.9 Å². The van der Waals surface area contributed by atoms with Gasteiger partial charge in [-0.15, -0.1) is 13.2 Å². The number of hydrogen-bond acceptors (Lipinski definition) is 2. The fourth-order valence-electron chi connectivity index (χ4n) is 4.60. The maximum Gasteiger partial charge on any atom is 0.573 e. The molecular weight excluding hydrogens is 530 g/mol. The molecule has 4 aromatic rings. The Labute approximate surface area is 229 Å². The second kappa shape index (κ2) is 13.1. The topological polar surface area (TPSA) is 18.5 Å². The fourth-order valence-corrected chi connectivity index (χ4v) is 4.60. The molecule has 2 nitrogen and oxygen atoms in total. The van der Waals surface area contributed by atoms with Crippen LogP contribution in [0.25, 0.3) is 21.9 Å². The Hall–Kier alpha value is -3.68. The van der Waals surface area contributed by atoms with Gasteiger partial charge in [-0.3, -0.25) is 0 Å². The molecule has 0 amide bonds.